The van der Waals surface area contributed by atoms with Crippen molar-refractivity contribution in [3.63, 3.8) is 0 Å². The molecule has 6 heteroatoms. The second-order valence-corrected chi connectivity index (χ2v) is 4.49. The summed E-state index contributed by atoms with van der Waals surface area (Å²) in [6, 6.07) is 3.25. The number of carbonyl (C=O) groups excluding carboxylic acids is 2. The topological polar surface area (TPSA) is 71.1 Å². The fourth-order valence-corrected chi connectivity index (χ4v) is 1.81. The van der Waals surface area contributed by atoms with Crippen LogP contribution < -0.4 is 10.6 Å². The summed E-state index contributed by atoms with van der Waals surface area (Å²) in [7, 11) is 1.56. The van der Waals surface area contributed by atoms with E-state index in [1.165, 1.54) is 6.07 Å². The minimum atomic E-state index is -0.245. The van der Waals surface area contributed by atoms with Crippen LogP contribution in [-0.2, 0) is 11.2 Å². The number of rotatable bonds is 6. The summed E-state index contributed by atoms with van der Waals surface area (Å²) in [5.74, 6) is -0.356. The minimum Gasteiger partial charge on any atom is -0.359 e. The Bertz CT molecular complexity index is 463. The molecule has 0 aliphatic carbocycles. The van der Waals surface area contributed by atoms with Crippen molar-refractivity contribution in [2.24, 2.45) is 0 Å². The molecule has 0 saturated carbocycles. The molecule has 0 atom stereocenters. The van der Waals surface area contributed by atoms with Gasteiger partial charge in [0.25, 0.3) is 5.91 Å². The van der Waals surface area contributed by atoms with E-state index in [9.17, 15) is 9.59 Å². The van der Waals surface area contributed by atoms with E-state index >= 15 is 0 Å². The van der Waals surface area contributed by atoms with Gasteiger partial charge in [-0.15, -0.1) is 0 Å². The molecule has 0 spiro atoms. The maximum atomic E-state index is 11.9. The number of aromatic nitrogens is 1. The van der Waals surface area contributed by atoms with Crippen LogP contribution in [0.1, 0.15) is 35.8 Å². The van der Waals surface area contributed by atoms with E-state index in [0.717, 1.165) is 18.5 Å². The third-order valence-electron chi connectivity index (χ3n) is 2.53. The lowest BCUT2D eigenvalue weighted by atomic mass is 10.1. The molecule has 0 aromatic carbocycles. The third-order valence-corrected chi connectivity index (χ3v) is 2.73. The lowest BCUT2D eigenvalue weighted by molar-refractivity contribution is -0.120. The number of nitrogens with one attached hydrogen (secondary N) is 2. The monoisotopic (exact) mass is 283 g/mol. The molecular weight excluding hydrogens is 266 g/mol. The third kappa shape index (κ3) is 5.26. The highest BCUT2D eigenvalue weighted by atomic mass is 35.5. The summed E-state index contributed by atoms with van der Waals surface area (Å²) in [6.07, 6.45) is 1.97. The Morgan fingerprint density at radius 1 is 1.37 bits per heavy atom. The highest BCUT2D eigenvalue weighted by Gasteiger charge is 2.09. The highest BCUT2D eigenvalue weighted by Crippen LogP contribution is 2.12. The van der Waals surface area contributed by atoms with Crippen LogP contribution in [0.2, 0.25) is 5.15 Å². The van der Waals surface area contributed by atoms with Gasteiger partial charge in [0, 0.05) is 31.3 Å². The van der Waals surface area contributed by atoms with E-state index in [1.807, 2.05) is 6.92 Å². The zero-order valence-corrected chi connectivity index (χ0v) is 11.9. The molecule has 104 valence electrons. The van der Waals surface area contributed by atoms with Gasteiger partial charge in [-0.1, -0.05) is 24.9 Å². The van der Waals surface area contributed by atoms with Crippen LogP contribution in [0.5, 0.6) is 0 Å². The molecule has 0 radical (unpaired) electrons. The van der Waals surface area contributed by atoms with Crippen molar-refractivity contribution < 1.29 is 9.59 Å². The predicted molar refractivity (Wildman–Crippen MR) is 74.3 cm³/mol. The number of aryl methyl sites for hydroxylation is 1. The van der Waals surface area contributed by atoms with Crippen LogP contribution in [0.15, 0.2) is 12.1 Å². The van der Waals surface area contributed by atoms with Gasteiger partial charge in [0.1, 0.15) is 5.15 Å². The van der Waals surface area contributed by atoms with Crippen molar-refractivity contribution in [2.45, 2.75) is 26.2 Å². The highest BCUT2D eigenvalue weighted by molar-refractivity contribution is 6.29. The average molecular weight is 284 g/mol. The summed E-state index contributed by atoms with van der Waals surface area (Å²) in [4.78, 5) is 27.1. The largest absolute Gasteiger partial charge is 0.359 e. The van der Waals surface area contributed by atoms with Gasteiger partial charge in [-0.25, -0.2) is 4.98 Å². The van der Waals surface area contributed by atoms with E-state index in [2.05, 4.69) is 15.6 Å². The van der Waals surface area contributed by atoms with Crippen molar-refractivity contribution in [3.8, 4) is 0 Å². The van der Waals surface area contributed by atoms with Crippen molar-refractivity contribution in [1.29, 1.82) is 0 Å². The molecule has 5 nitrogen and oxygen atoms in total. The second kappa shape index (κ2) is 7.74. The molecule has 0 unspecified atom stereocenters. The van der Waals surface area contributed by atoms with Gasteiger partial charge in [-0.05, 0) is 18.6 Å². The molecule has 1 rings (SSSR count). The summed E-state index contributed by atoms with van der Waals surface area (Å²) < 4.78 is 0. The van der Waals surface area contributed by atoms with Gasteiger partial charge < -0.3 is 10.6 Å². The first kappa shape index (κ1) is 15.4. The van der Waals surface area contributed by atoms with Crippen LogP contribution >= 0.6 is 11.6 Å². The van der Waals surface area contributed by atoms with E-state index in [0.29, 0.717) is 17.3 Å². The molecular formula is C13H18ClN3O2. The summed E-state index contributed by atoms with van der Waals surface area (Å²) in [6.45, 7) is 2.33. The van der Waals surface area contributed by atoms with Crippen LogP contribution in [0.3, 0.4) is 0 Å². The molecule has 1 heterocycles. The van der Waals surface area contributed by atoms with E-state index in [1.54, 1.807) is 13.1 Å². The molecule has 0 aliphatic rings. The smallest absolute Gasteiger partial charge is 0.251 e. The molecule has 0 saturated heterocycles. The molecule has 0 bridgehead atoms. The fourth-order valence-electron chi connectivity index (χ4n) is 1.58. The molecule has 2 N–H and O–H groups in total. The Morgan fingerprint density at radius 2 is 2.11 bits per heavy atom. The molecule has 0 aliphatic heterocycles. The molecule has 2 amide bonds. The van der Waals surface area contributed by atoms with E-state index in [4.69, 9.17) is 11.6 Å². The van der Waals surface area contributed by atoms with E-state index in [-0.39, 0.29) is 18.2 Å². The average Bonchev–Trinajstić information content (AvgIpc) is 2.38. The number of amides is 2. The number of hydrogen-bond donors (Lipinski definition) is 2. The Morgan fingerprint density at radius 3 is 2.74 bits per heavy atom. The summed E-state index contributed by atoms with van der Waals surface area (Å²) in [5.41, 5.74) is 1.27. The normalized spacial score (nSPS) is 10.1. The number of halogens is 1. The first-order chi connectivity index (χ1) is 9.06. The van der Waals surface area contributed by atoms with Crippen LogP contribution in [-0.4, -0.2) is 30.4 Å². The lowest BCUT2D eigenvalue weighted by Crippen LogP contribution is -2.29. The lowest BCUT2D eigenvalue weighted by Gasteiger charge is -2.07. The van der Waals surface area contributed by atoms with Gasteiger partial charge in [0.15, 0.2) is 0 Å². The number of pyridine rings is 1. The Labute approximate surface area is 117 Å². The Hall–Kier alpha value is -1.62. The fraction of sp³-hybridized carbons (Fsp3) is 0.462. The van der Waals surface area contributed by atoms with Crippen LogP contribution in [0.4, 0.5) is 0 Å². The van der Waals surface area contributed by atoms with Crippen molar-refractivity contribution >= 4 is 23.4 Å². The van der Waals surface area contributed by atoms with Gasteiger partial charge in [-0.3, -0.25) is 9.59 Å². The van der Waals surface area contributed by atoms with Gasteiger partial charge in [0.05, 0.1) is 0 Å². The molecule has 19 heavy (non-hydrogen) atoms. The summed E-state index contributed by atoms with van der Waals surface area (Å²) >= 11 is 5.88. The van der Waals surface area contributed by atoms with Crippen molar-refractivity contribution in [2.75, 3.05) is 13.6 Å². The zero-order chi connectivity index (χ0) is 14.3. The SMILES string of the molecule is CCCc1cc(C(=O)NCCC(=O)NC)cc(Cl)n1. The van der Waals surface area contributed by atoms with Gasteiger partial charge >= 0.3 is 0 Å². The summed E-state index contributed by atoms with van der Waals surface area (Å²) in [5, 5.41) is 5.47. The molecule has 0 fully saturated rings. The van der Waals surface area contributed by atoms with E-state index < -0.39 is 0 Å². The van der Waals surface area contributed by atoms with Crippen molar-refractivity contribution in [3.05, 3.63) is 28.5 Å². The minimum absolute atomic E-state index is 0.111. The first-order valence-corrected chi connectivity index (χ1v) is 6.59. The maximum absolute atomic E-state index is 11.9. The Balaban J connectivity index is 2.63. The van der Waals surface area contributed by atoms with Gasteiger partial charge in [-0.2, -0.15) is 0 Å². The Kier molecular flexibility index (Phi) is 6.29. The standard InChI is InChI=1S/C13H18ClN3O2/c1-3-4-10-7-9(8-11(14)17-10)13(19)16-6-5-12(18)15-2/h7-8H,3-6H2,1-2H3,(H,15,18)(H,16,19). The maximum Gasteiger partial charge on any atom is 0.251 e. The number of nitrogens with zero attached hydrogens (tertiary/aromatic N) is 1. The predicted octanol–water partition coefficient (Wildman–Crippen LogP) is 1.55. The quantitative estimate of drug-likeness (QED) is 0.778. The first-order valence-electron chi connectivity index (χ1n) is 6.22. The molecule has 1 aromatic rings. The van der Waals surface area contributed by atoms with Crippen LogP contribution in [0.25, 0.3) is 0 Å². The number of hydrogen-bond acceptors (Lipinski definition) is 3. The number of carbonyl (C=O) groups is 2. The van der Waals surface area contributed by atoms with Crippen LogP contribution in [0, 0.1) is 0 Å². The van der Waals surface area contributed by atoms with Crippen molar-refractivity contribution in [1.82, 2.24) is 15.6 Å². The van der Waals surface area contributed by atoms with Gasteiger partial charge in [0.2, 0.25) is 5.91 Å². The zero-order valence-electron chi connectivity index (χ0n) is 11.1. The second-order valence-electron chi connectivity index (χ2n) is 4.10. The molecule has 1 aromatic heterocycles.